The number of carbonyl (C=O) groups excluding carboxylic acids is 2. The number of hydrogen-bond donors (Lipinski definition) is 2. The maximum atomic E-state index is 12.7. The Hall–Kier alpha value is -1.21. The third kappa shape index (κ3) is 4.70. The first-order valence-electron chi connectivity index (χ1n) is 8.71. The molecule has 0 unspecified atom stereocenters. The second-order valence-corrected chi connectivity index (χ2v) is 9.43. The third-order valence-electron chi connectivity index (χ3n) is 4.34. The number of aromatic nitrogens is 1. The van der Waals surface area contributed by atoms with Crippen LogP contribution in [0.5, 0.6) is 0 Å². The molecular formula is C18H25N3O2S2. The van der Waals surface area contributed by atoms with Crippen LogP contribution in [0.4, 0.5) is 0 Å². The van der Waals surface area contributed by atoms with E-state index >= 15 is 0 Å². The number of carbonyl (C=O) groups is 2. The molecule has 1 aromatic heterocycles. The molecular weight excluding hydrogens is 354 g/mol. The lowest BCUT2D eigenvalue weighted by Crippen LogP contribution is -2.59. The second-order valence-electron chi connectivity index (χ2n) is 7.44. The molecule has 2 heterocycles. The first-order chi connectivity index (χ1) is 11.9. The SMILES string of the molecule is CC(C)CSc1nc(C(=O)NC2(CC(N)=O)CSC2)ccc1C1CC1. The van der Waals surface area contributed by atoms with Gasteiger partial charge in [-0.1, -0.05) is 19.9 Å². The molecule has 3 N–H and O–H groups in total. The molecule has 0 spiro atoms. The van der Waals surface area contributed by atoms with Crippen LogP contribution in [0.3, 0.4) is 0 Å². The highest BCUT2D eigenvalue weighted by Crippen LogP contribution is 2.44. The summed E-state index contributed by atoms with van der Waals surface area (Å²) in [6, 6.07) is 3.87. The van der Waals surface area contributed by atoms with Crippen molar-refractivity contribution in [2.75, 3.05) is 17.3 Å². The predicted molar refractivity (Wildman–Crippen MR) is 103 cm³/mol. The lowest BCUT2D eigenvalue weighted by atomic mass is 9.98. The Morgan fingerprint density at radius 3 is 2.64 bits per heavy atom. The lowest BCUT2D eigenvalue weighted by molar-refractivity contribution is -0.119. The van der Waals surface area contributed by atoms with Crippen molar-refractivity contribution in [1.29, 1.82) is 0 Å². The zero-order valence-corrected chi connectivity index (χ0v) is 16.3. The molecule has 25 heavy (non-hydrogen) atoms. The van der Waals surface area contributed by atoms with Gasteiger partial charge in [-0.15, -0.1) is 11.8 Å². The maximum Gasteiger partial charge on any atom is 0.270 e. The van der Waals surface area contributed by atoms with E-state index in [9.17, 15) is 9.59 Å². The largest absolute Gasteiger partial charge is 0.370 e. The third-order valence-corrected chi connectivity index (χ3v) is 7.29. The van der Waals surface area contributed by atoms with Gasteiger partial charge in [-0.05, 0) is 36.3 Å². The van der Waals surface area contributed by atoms with Crippen molar-refractivity contribution in [3.05, 3.63) is 23.4 Å². The summed E-state index contributed by atoms with van der Waals surface area (Å²) in [6.07, 6.45) is 2.60. The Morgan fingerprint density at radius 1 is 1.40 bits per heavy atom. The molecule has 2 aliphatic rings. The highest BCUT2D eigenvalue weighted by molar-refractivity contribution is 8.00. The summed E-state index contributed by atoms with van der Waals surface area (Å²) >= 11 is 3.44. The molecule has 0 aromatic carbocycles. The van der Waals surface area contributed by atoms with Crippen LogP contribution in [0.15, 0.2) is 17.2 Å². The topological polar surface area (TPSA) is 85.1 Å². The lowest BCUT2D eigenvalue weighted by Gasteiger charge is -2.40. The minimum Gasteiger partial charge on any atom is -0.370 e. The summed E-state index contributed by atoms with van der Waals surface area (Å²) in [7, 11) is 0. The summed E-state index contributed by atoms with van der Waals surface area (Å²) in [6.45, 7) is 4.37. The van der Waals surface area contributed by atoms with Gasteiger partial charge in [0, 0.05) is 17.3 Å². The van der Waals surface area contributed by atoms with E-state index in [4.69, 9.17) is 5.73 Å². The molecule has 1 aliphatic carbocycles. The number of nitrogens with two attached hydrogens (primary N) is 1. The van der Waals surface area contributed by atoms with E-state index in [1.54, 1.807) is 23.5 Å². The maximum absolute atomic E-state index is 12.7. The molecule has 136 valence electrons. The van der Waals surface area contributed by atoms with Crippen molar-refractivity contribution in [1.82, 2.24) is 10.3 Å². The Balaban J connectivity index is 1.75. The molecule has 1 saturated carbocycles. The highest BCUT2D eigenvalue weighted by atomic mass is 32.2. The van der Waals surface area contributed by atoms with E-state index in [2.05, 4.69) is 30.2 Å². The molecule has 1 aliphatic heterocycles. The number of nitrogens with one attached hydrogen (secondary N) is 1. The standard InChI is InChI=1S/C18H25N3O2S2/c1-11(2)8-25-17-13(12-3-4-12)5-6-14(20-17)16(23)21-18(7-15(19)22)9-24-10-18/h5-6,11-12H,3-4,7-10H2,1-2H3,(H2,19,22)(H,21,23). The van der Waals surface area contributed by atoms with Crippen molar-refractivity contribution < 1.29 is 9.59 Å². The highest BCUT2D eigenvalue weighted by Gasteiger charge is 2.41. The number of pyridine rings is 1. The summed E-state index contributed by atoms with van der Waals surface area (Å²) in [4.78, 5) is 28.6. The van der Waals surface area contributed by atoms with Gasteiger partial charge in [-0.3, -0.25) is 9.59 Å². The Bertz CT molecular complexity index is 670. The van der Waals surface area contributed by atoms with Gasteiger partial charge in [0.05, 0.1) is 12.0 Å². The van der Waals surface area contributed by atoms with Crippen LogP contribution >= 0.6 is 23.5 Å². The average Bonchev–Trinajstić information content (AvgIpc) is 3.34. The fraction of sp³-hybridized carbons (Fsp3) is 0.611. The molecule has 3 rings (SSSR count). The summed E-state index contributed by atoms with van der Waals surface area (Å²) in [5.74, 6) is 3.00. The molecule has 5 nitrogen and oxygen atoms in total. The van der Waals surface area contributed by atoms with Gasteiger partial charge >= 0.3 is 0 Å². The van der Waals surface area contributed by atoms with E-state index in [1.165, 1.54) is 18.4 Å². The van der Waals surface area contributed by atoms with Crippen molar-refractivity contribution in [3.8, 4) is 0 Å². The van der Waals surface area contributed by atoms with Crippen LogP contribution in [0.2, 0.25) is 0 Å². The van der Waals surface area contributed by atoms with E-state index in [-0.39, 0.29) is 18.2 Å². The number of rotatable bonds is 8. The predicted octanol–water partition coefficient (Wildman–Crippen LogP) is 2.80. The van der Waals surface area contributed by atoms with Crippen LogP contribution in [0.1, 0.15) is 55.1 Å². The molecule has 7 heteroatoms. The van der Waals surface area contributed by atoms with Gasteiger partial charge in [0.1, 0.15) is 10.7 Å². The van der Waals surface area contributed by atoms with E-state index in [0.717, 1.165) is 22.3 Å². The summed E-state index contributed by atoms with van der Waals surface area (Å²) < 4.78 is 0. The van der Waals surface area contributed by atoms with Crippen molar-refractivity contribution >= 4 is 35.3 Å². The quantitative estimate of drug-likeness (QED) is 0.679. The minimum atomic E-state index is -0.504. The molecule has 0 atom stereocenters. The second kappa shape index (κ2) is 7.58. The van der Waals surface area contributed by atoms with Crippen molar-refractivity contribution in [2.45, 2.75) is 49.6 Å². The Labute approximate surface area is 157 Å². The van der Waals surface area contributed by atoms with Crippen LogP contribution < -0.4 is 11.1 Å². The minimum absolute atomic E-state index is 0.181. The van der Waals surface area contributed by atoms with Crippen LogP contribution in [-0.4, -0.2) is 39.6 Å². The fourth-order valence-electron chi connectivity index (χ4n) is 2.85. The molecule has 0 radical (unpaired) electrons. The van der Waals surface area contributed by atoms with Gasteiger partial charge in [-0.25, -0.2) is 4.98 Å². The van der Waals surface area contributed by atoms with Gasteiger partial charge < -0.3 is 11.1 Å². The zero-order chi connectivity index (χ0) is 18.0. The smallest absolute Gasteiger partial charge is 0.270 e. The van der Waals surface area contributed by atoms with Crippen molar-refractivity contribution in [3.63, 3.8) is 0 Å². The molecule has 1 aromatic rings. The van der Waals surface area contributed by atoms with Crippen LogP contribution in [0.25, 0.3) is 0 Å². The van der Waals surface area contributed by atoms with Crippen LogP contribution in [0, 0.1) is 5.92 Å². The number of hydrogen-bond acceptors (Lipinski definition) is 5. The van der Waals surface area contributed by atoms with Gasteiger partial charge in [0.15, 0.2) is 0 Å². The molecule has 2 amide bonds. The number of thioether (sulfide) groups is 2. The molecule has 2 fully saturated rings. The Morgan fingerprint density at radius 2 is 2.12 bits per heavy atom. The number of nitrogens with zero attached hydrogens (tertiary/aromatic N) is 1. The Kier molecular flexibility index (Phi) is 5.63. The zero-order valence-electron chi connectivity index (χ0n) is 14.7. The van der Waals surface area contributed by atoms with E-state index in [1.807, 2.05) is 6.07 Å². The van der Waals surface area contributed by atoms with E-state index < -0.39 is 5.54 Å². The number of amides is 2. The number of primary amides is 1. The first-order valence-corrected chi connectivity index (χ1v) is 10.8. The van der Waals surface area contributed by atoms with Crippen molar-refractivity contribution in [2.24, 2.45) is 11.7 Å². The van der Waals surface area contributed by atoms with Gasteiger partial charge in [0.25, 0.3) is 5.91 Å². The first kappa shape index (κ1) is 18.6. The summed E-state index contributed by atoms with van der Waals surface area (Å²) in [5, 5.41) is 3.98. The van der Waals surface area contributed by atoms with Gasteiger partial charge in [0.2, 0.25) is 5.91 Å². The monoisotopic (exact) mass is 379 g/mol. The molecule has 0 bridgehead atoms. The van der Waals surface area contributed by atoms with E-state index in [0.29, 0.717) is 17.5 Å². The van der Waals surface area contributed by atoms with Crippen LogP contribution in [-0.2, 0) is 4.79 Å². The molecule has 1 saturated heterocycles. The van der Waals surface area contributed by atoms with Gasteiger partial charge in [-0.2, -0.15) is 11.8 Å². The summed E-state index contributed by atoms with van der Waals surface area (Å²) in [5.41, 5.74) is 6.53. The normalized spacial score (nSPS) is 18.7. The average molecular weight is 380 g/mol. The fourth-order valence-corrected chi connectivity index (χ4v) is 4.95.